The van der Waals surface area contributed by atoms with E-state index in [2.05, 4.69) is 35.6 Å². The van der Waals surface area contributed by atoms with Gasteiger partial charge in [-0.2, -0.15) is 0 Å². The fraction of sp³-hybridized carbons (Fsp3) is 0.333. The van der Waals surface area contributed by atoms with Crippen LogP contribution in [-0.2, 0) is 6.42 Å². The number of benzene rings is 2. The summed E-state index contributed by atoms with van der Waals surface area (Å²) in [5, 5.41) is 3.38. The molecular formula is C18H22FNS. The van der Waals surface area contributed by atoms with Crippen molar-refractivity contribution >= 4 is 11.8 Å². The molecule has 21 heavy (non-hydrogen) atoms. The Balaban J connectivity index is 1.71. The van der Waals surface area contributed by atoms with Gasteiger partial charge in [-0.25, -0.2) is 4.39 Å². The van der Waals surface area contributed by atoms with E-state index in [9.17, 15) is 4.39 Å². The van der Waals surface area contributed by atoms with Gasteiger partial charge in [0.15, 0.2) is 0 Å². The molecule has 2 aromatic rings. The number of aryl methyl sites for hydroxylation is 1. The molecule has 0 saturated carbocycles. The lowest BCUT2D eigenvalue weighted by Gasteiger charge is -2.15. The van der Waals surface area contributed by atoms with Crippen molar-refractivity contribution in [1.29, 1.82) is 0 Å². The summed E-state index contributed by atoms with van der Waals surface area (Å²) in [7, 11) is 2.01. The largest absolute Gasteiger partial charge is 0.316 e. The lowest BCUT2D eigenvalue weighted by molar-refractivity contribution is 0.549. The second kappa shape index (κ2) is 8.85. The maximum absolute atomic E-state index is 12.9. The van der Waals surface area contributed by atoms with Gasteiger partial charge in [0, 0.05) is 16.7 Å². The van der Waals surface area contributed by atoms with Crippen LogP contribution in [0.25, 0.3) is 0 Å². The van der Waals surface area contributed by atoms with Crippen LogP contribution in [-0.4, -0.2) is 18.8 Å². The maximum atomic E-state index is 12.9. The molecule has 2 aromatic carbocycles. The number of hydrogen-bond acceptors (Lipinski definition) is 2. The van der Waals surface area contributed by atoms with Gasteiger partial charge in [-0.05, 0) is 56.1 Å². The number of halogens is 1. The Morgan fingerprint density at radius 3 is 2.43 bits per heavy atom. The van der Waals surface area contributed by atoms with Gasteiger partial charge in [0.25, 0.3) is 0 Å². The second-order valence-corrected chi connectivity index (χ2v) is 6.22. The first-order chi connectivity index (χ1) is 10.3. The molecule has 0 aromatic heterocycles. The molecule has 0 saturated heterocycles. The molecule has 0 spiro atoms. The summed E-state index contributed by atoms with van der Waals surface area (Å²) in [6.45, 7) is 0. The molecule has 0 aliphatic heterocycles. The fourth-order valence-corrected chi connectivity index (χ4v) is 3.29. The minimum atomic E-state index is -0.174. The summed E-state index contributed by atoms with van der Waals surface area (Å²) >= 11 is 1.78. The van der Waals surface area contributed by atoms with E-state index in [1.54, 1.807) is 11.8 Å². The Kier molecular flexibility index (Phi) is 6.77. The number of hydrogen-bond donors (Lipinski definition) is 1. The van der Waals surface area contributed by atoms with E-state index in [-0.39, 0.29) is 5.82 Å². The minimum Gasteiger partial charge on any atom is -0.316 e. The highest BCUT2D eigenvalue weighted by Gasteiger charge is 2.07. The van der Waals surface area contributed by atoms with Gasteiger partial charge >= 0.3 is 0 Å². The van der Waals surface area contributed by atoms with Crippen molar-refractivity contribution in [1.82, 2.24) is 5.32 Å². The van der Waals surface area contributed by atoms with Gasteiger partial charge in [-0.1, -0.05) is 30.3 Å². The second-order valence-electron chi connectivity index (χ2n) is 5.13. The molecular weight excluding hydrogens is 281 g/mol. The average molecular weight is 303 g/mol. The summed E-state index contributed by atoms with van der Waals surface area (Å²) in [5.74, 6) is 0.837. The third-order valence-electron chi connectivity index (χ3n) is 3.53. The predicted octanol–water partition coefficient (Wildman–Crippen LogP) is 4.53. The smallest absolute Gasteiger partial charge is 0.123 e. The average Bonchev–Trinajstić information content (AvgIpc) is 2.53. The van der Waals surface area contributed by atoms with Crippen molar-refractivity contribution in [2.24, 2.45) is 0 Å². The molecule has 3 heteroatoms. The first-order valence-electron chi connectivity index (χ1n) is 7.37. The van der Waals surface area contributed by atoms with Gasteiger partial charge in [0.2, 0.25) is 0 Å². The van der Waals surface area contributed by atoms with Gasteiger partial charge in [0.05, 0.1) is 0 Å². The van der Waals surface area contributed by atoms with Crippen LogP contribution in [0.15, 0.2) is 59.5 Å². The highest BCUT2D eigenvalue weighted by atomic mass is 32.2. The fourth-order valence-electron chi connectivity index (χ4n) is 2.24. The van der Waals surface area contributed by atoms with Crippen molar-refractivity contribution < 1.29 is 4.39 Å². The summed E-state index contributed by atoms with van der Waals surface area (Å²) in [6, 6.07) is 17.8. The summed E-state index contributed by atoms with van der Waals surface area (Å²) in [5.41, 5.74) is 1.40. The monoisotopic (exact) mass is 303 g/mol. The van der Waals surface area contributed by atoms with E-state index in [0.29, 0.717) is 6.04 Å². The van der Waals surface area contributed by atoms with Crippen molar-refractivity contribution in [2.75, 3.05) is 12.8 Å². The first kappa shape index (κ1) is 16.1. The molecule has 0 aliphatic carbocycles. The van der Waals surface area contributed by atoms with Gasteiger partial charge < -0.3 is 5.32 Å². The molecule has 0 aliphatic rings. The standard InChI is InChI=1S/C18H22FNS/c1-20-17(9-5-8-15-6-3-2-4-7-15)14-21-18-12-10-16(19)11-13-18/h2-4,6-7,10-13,17,20H,5,8-9,14H2,1H3. The third-order valence-corrected chi connectivity index (χ3v) is 4.71. The van der Waals surface area contributed by atoms with Crippen LogP contribution in [0.2, 0.25) is 0 Å². The zero-order valence-corrected chi connectivity index (χ0v) is 13.2. The quantitative estimate of drug-likeness (QED) is 0.719. The Labute approximate surface area is 131 Å². The summed E-state index contributed by atoms with van der Waals surface area (Å²) in [4.78, 5) is 1.12. The maximum Gasteiger partial charge on any atom is 0.123 e. The Morgan fingerprint density at radius 1 is 1.05 bits per heavy atom. The van der Waals surface area contributed by atoms with Crippen molar-refractivity contribution in [3.05, 3.63) is 66.0 Å². The third kappa shape index (κ3) is 5.90. The van der Waals surface area contributed by atoms with Crippen LogP contribution in [0.1, 0.15) is 18.4 Å². The van der Waals surface area contributed by atoms with E-state index in [0.717, 1.165) is 23.5 Å². The minimum absolute atomic E-state index is 0.174. The van der Waals surface area contributed by atoms with Crippen LogP contribution in [0, 0.1) is 5.82 Å². The zero-order chi connectivity index (χ0) is 14.9. The lowest BCUT2D eigenvalue weighted by atomic mass is 10.1. The Hall–Kier alpha value is -1.32. The zero-order valence-electron chi connectivity index (χ0n) is 12.4. The van der Waals surface area contributed by atoms with Crippen LogP contribution >= 0.6 is 11.8 Å². The predicted molar refractivity (Wildman–Crippen MR) is 89.4 cm³/mol. The van der Waals surface area contributed by atoms with Crippen molar-refractivity contribution in [3.8, 4) is 0 Å². The molecule has 1 unspecified atom stereocenters. The van der Waals surface area contributed by atoms with Gasteiger partial charge in [-0.15, -0.1) is 11.8 Å². The number of rotatable bonds is 8. The van der Waals surface area contributed by atoms with Gasteiger partial charge in [0.1, 0.15) is 5.82 Å². The normalized spacial score (nSPS) is 12.3. The Bertz CT molecular complexity index is 513. The van der Waals surface area contributed by atoms with Crippen LogP contribution in [0.5, 0.6) is 0 Å². The van der Waals surface area contributed by atoms with Crippen LogP contribution < -0.4 is 5.32 Å². The lowest BCUT2D eigenvalue weighted by Crippen LogP contribution is -2.27. The van der Waals surface area contributed by atoms with E-state index < -0.39 is 0 Å². The molecule has 1 N–H and O–H groups in total. The molecule has 0 bridgehead atoms. The van der Waals surface area contributed by atoms with Crippen LogP contribution in [0.4, 0.5) is 4.39 Å². The molecule has 0 amide bonds. The number of thioether (sulfide) groups is 1. The SMILES string of the molecule is CNC(CCCc1ccccc1)CSc1ccc(F)cc1. The topological polar surface area (TPSA) is 12.0 Å². The highest BCUT2D eigenvalue weighted by Crippen LogP contribution is 2.20. The molecule has 112 valence electrons. The molecule has 1 nitrogen and oxygen atoms in total. The van der Waals surface area contributed by atoms with Gasteiger partial charge in [-0.3, -0.25) is 0 Å². The van der Waals surface area contributed by atoms with E-state index in [1.165, 1.54) is 24.1 Å². The number of nitrogens with one attached hydrogen (secondary N) is 1. The highest BCUT2D eigenvalue weighted by molar-refractivity contribution is 7.99. The Morgan fingerprint density at radius 2 is 1.76 bits per heavy atom. The molecule has 1 atom stereocenters. The summed E-state index contributed by atoms with van der Waals surface area (Å²) < 4.78 is 12.9. The van der Waals surface area contributed by atoms with Crippen LogP contribution in [0.3, 0.4) is 0 Å². The molecule has 0 heterocycles. The van der Waals surface area contributed by atoms with E-state index in [1.807, 2.05) is 19.2 Å². The van der Waals surface area contributed by atoms with E-state index in [4.69, 9.17) is 0 Å². The van der Waals surface area contributed by atoms with Crippen molar-refractivity contribution in [3.63, 3.8) is 0 Å². The molecule has 0 radical (unpaired) electrons. The van der Waals surface area contributed by atoms with Crippen molar-refractivity contribution in [2.45, 2.75) is 30.2 Å². The molecule has 2 rings (SSSR count). The summed E-state index contributed by atoms with van der Waals surface area (Å²) in [6.07, 6.45) is 3.46. The van der Waals surface area contributed by atoms with E-state index >= 15 is 0 Å². The molecule has 0 fully saturated rings. The first-order valence-corrected chi connectivity index (χ1v) is 8.36.